The van der Waals surface area contributed by atoms with Crippen LogP contribution < -0.4 is 5.73 Å². The molecule has 0 aromatic heterocycles. The highest BCUT2D eigenvalue weighted by atomic mass is 19.1. The smallest absolute Gasteiger partial charge is 0.184 e. The van der Waals surface area contributed by atoms with Crippen molar-refractivity contribution in [2.45, 2.75) is 26.3 Å². The molecule has 0 atom stereocenters. The lowest BCUT2D eigenvalue weighted by Crippen LogP contribution is -2.27. The van der Waals surface area contributed by atoms with Crippen LogP contribution in [0.2, 0.25) is 0 Å². The number of nitrogens with zero attached hydrogens (tertiary/aromatic N) is 1. The number of likely N-dealkylation sites (tertiary alicyclic amines) is 1. The van der Waals surface area contributed by atoms with E-state index < -0.39 is 5.95 Å². The summed E-state index contributed by atoms with van der Waals surface area (Å²) in [6.45, 7) is 5.87. The van der Waals surface area contributed by atoms with Crippen LogP contribution in [0.4, 0.5) is 4.39 Å². The van der Waals surface area contributed by atoms with Gasteiger partial charge in [0.1, 0.15) is 0 Å². The molecule has 0 bridgehead atoms. The van der Waals surface area contributed by atoms with Crippen molar-refractivity contribution in [1.82, 2.24) is 4.90 Å². The molecule has 11 heavy (non-hydrogen) atoms. The second kappa shape index (κ2) is 3.22. The maximum Gasteiger partial charge on any atom is 0.184 e. The van der Waals surface area contributed by atoms with E-state index in [9.17, 15) is 4.39 Å². The van der Waals surface area contributed by atoms with E-state index in [-0.39, 0.29) is 0 Å². The van der Waals surface area contributed by atoms with E-state index in [1.165, 1.54) is 0 Å². The van der Waals surface area contributed by atoms with Gasteiger partial charge >= 0.3 is 0 Å². The molecule has 0 aliphatic carbocycles. The van der Waals surface area contributed by atoms with Crippen LogP contribution in [-0.4, -0.2) is 24.0 Å². The largest absolute Gasteiger partial charge is 0.376 e. The van der Waals surface area contributed by atoms with Crippen molar-refractivity contribution in [3.63, 3.8) is 0 Å². The number of nitrogens with two attached hydrogens (primary N) is 1. The molecular weight excluding hydrogens is 143 g/mol. The topological polar surface area (TPSA) is 29.3 Å². The van der Waals surface area contributed by atoms with Crippen LogP contribution >= 0.6 is 0 Å². The highest BCUT2D eigenvalue weighted by molar-refractivity contribution is 5.12. The first-order valence-corrected chi connectivity index (χ1v) is 3.98. The molecule has 1 aliphatic rings. The van der Waals surface area contributed by atoms with E-state index in [2.05, 4.69) is 18.7 Å². The molecule has 2 N–H and O–H groups in total. The molecule has 64 valence electrons. The third-order valence-electron chi connectivity index (χ3n) is 2.16. The molecule has 1 aliphatic heterocycles. The van der Waals surface area contributed by atoms with Crippen molar-refractivity contribution in [3.05, 3.63) is 11.5 Å². The van der Waals surface area contributed by atoms with Crippen molar-refractivity contribution in [3.8, 4) is 0 Å². The molecule has 0 radical (unpaired) electrons. The maximum absolute atomic E-state index is 12.5. The van der Waals surface area contributed by atoms with E-state index in [4.69, 9.17) is 5.73 Å². The average Bonchev–Trinajstić information content (AvgIpc) is 2.33. The highest BCUT2D eigenvalue weighted by Crippen LogP contribution is 2.19. The molecule has 3 heteroatoms. The zero-order chi connectivity index (χ0) is 8.43. The van der Waals surface area contributed by atoms with Crippen molar-refractivity contribution < 1.29 is 4.39 Å². The molecule has 0 unspecified atom stereocenters. The fourth-order valence-corrected chi connectivity index (χ4v) is 1.32. The van der Waals surface area contributed by atoms with Gasteiger partial charge in [-0.1, -0.05) is 0 Å². The standard InChI is InChI=1S/C8H15FN2/c1-6(2)11-4-3-7(5-11)8(9)10/h6H,3-5,10H2,1-2H3/b8-7+. The summed E-state index contributed by atoms with van der Waals surface area (Å²) in [6, 6.07) is 0.492. The molecule has 0 aromatic rings. The Labute approximate surface area is 66.9 Å². The predicted octanol–water partition coefficient (Wildman–Crippen LogP) is 1.24. The summed E-state index contributed by atoms with van der Waals surface area (Å²) in [7, 11) is 0. The van der Waals surface area contributed by atoms with Gasteiger partial charge in [-0.05, 0) is 25.8 Å². The summed E-state index contributed by atoms with van der Waals surface area (Å²) in [5.41, 5.74) is 5.81. The second-order valence-corrected chi connectivity index (χ2v) is 3.27. The minimum atomic E-state index is -0.479. The normalized spacial score (nSPS) is 24.7. The lowest BCUT2D eigenvalue weighted by molar-refractivity contribution is 0.280. The minimum absolute atomic E-state index is 0.479. The van der Waals surface area contributed by atoms with E-state index in [1.54, 1.807) is 0 Å². The molecule has 0 spiro atoms. The van der Waals surface area contributed by atoms with Gasteiger partial charge in [0.15, 0.2) is 5.95 Å². The van der Waals surface area contributed by atoms with Gasteiger partial charge in [0.05, 0.1) is 0 Å². The fraction of sp³-hybridized carbons (Fsp3) is 0.750. The molecule has 0 amide bonds. The Balaban J connectivity index is 2.54. The van der Waals surface area contributed by atoms with E-state index in [0.717, 1.165) is 18.5 Å². The monoisotopic (exact) mass is 158 g/mol. The minimum Gasteiger partial charge on any atom is -0.376 e. The first-order valence-electron chi connectivity index (χ1n) is 3.98. The molecular formula is C8H15FN2. The van der Waals surface area contributed by atoms with Crippen LogP contribution in [-0.2, 0) is 0 Å². The van der Waals surface area contributed by atoms with Gasteiger partial charge in [0.25, 0.3) is 0 Å². The summed E-state index contributed by atoms with van der Waals surface area (Å²) >= 11 is 0. The van der Waals surface area contributed by atoms with Crippen molar-refractivity contribution >= 4 is 0 Å². The second-order valence-electron chi connectivity index (χ2n) is 3.27. The van der Waals surface area contributed by atoms with Crippen LogP contribution in [0.5, 0.6) is 0 Å². The summed E-state index contributed by atoms with van der Waals surface area (Å²) in [6.07, 6.45) is 0.792. The molecule has 1 saturated heterocycles. The number of hydrogen-bond acceptors (Lipinski definition) is 2. The van der Waals surface area contributed by atoms with Gasteiger partial charge in [-0.2, -0.15) is 4.39 Å². The van der Waals surface area contributed by atoms with Gasteiger partial charge in [-0.25, -0.2) is 0 Å². The Morgan fingerprint density at radius 3 is 2.55 bits per heavy atom. The van der Waals surface area contributed by atoms with E-state index in [1.807, 2.05) is 0 Å². The van der Waals surface area contributed by atoms with E-state index in [0.29, 0.717) is 12.6 Å². The lowest BCUT2D eigenvalue weighted by atomic mass is 10.2. The van der Waals surface area contributed by atoms with Gasteiger partial charge in [0.2, 0.25) is 0 Å². The number of halogens is 1. The van der Waals surface area contributed by atoms with Crippen LogP contribution in [0.3, 0.4) is 0 Å². The quantitative estimate of drug-likeness (QED) is 0.582. The molecule has 1 rings (SSSR count). The molecule has 0 aromatic carbocycles. The fourth-order valence-electron chi connectivity index (χ4n) is 1.32. The highest BCUT2D eigenvalue weighted by Gasteiger charge is 2.20. The van der Waals surface area contributed by atoms with Gasteiger partial charge in [0, 0.05) is 19.1 Å². The maximum atomic E-state index is 12.5. The zero-order valence-corrected chi connectivity index (χ0v) is 7.10. The first-order chi connectivity index (χ1) is 5.11. The summed E-state index contributed by atoms with van der Waals surface area (Å²) in [5, 5.41) is 0. The van der Waals surface area contributed by atoms with Crippen LogP contribution in [0.25, 0.3) is 0 Å². The Morgan fingerprint density at radius 2 is 2.27 bits per heavy atom. The van der Waals surface area contributed by atoms with E-state index >= 15 is 0 Å². The van der Waals surface area contributed by atoms with Crippen molar-refractivity contribution in [2.24, 2.45) is 5.73 Å². The molecule has 0 saturated carbocycles. The first kappa shape index (κ1) is 8.53. The Kier molecular flexibility index (Phi) is 2.49. The van der Waals surface area contributed by atoms with Crippen LogP contribution in [0, 0.1) is 0 Å². The number of hydrogen-bond donors (Lipinski definition) is 1. The average molecular weight is 158 g/mol. The van der Waals surface area contributed by atoms with Crippen molar-refractivity contribution in [2.75, 3.05) is 13.1 Å². The van der Waals surface area contributed by atoms with Gasteiger partial charge < -0.3 is 5.73 Å². The third kappa shape index (κ3) is 1.93. The number of rotatable bonds is 1. The zero-order valence-electron chi connectivity index (χ0n) is 7.10. The van der Waals surface area contributed by atoms with Crippen molar-refractivity contribution in [1.29, 1.82) is 0 Å². The summed E-state index contributed by atoms with van der Waals surface area (Å²) in [4.78, 5) is 2.21. The molecule has 2 nitrogen and oxygen atoms in total. The van der Waals surface area contributed by atoms with Crippen LogP contribution in [0.1, 0.15) is 20.3 Å². The third-order valence-corrected chi connectivity index (χ3v) is 2.16. The van der Waals surface area contributed by atoms with Gasteiger partial charge in [-0.3, -0.25) is 4.90 Å². The Hall–Kier alpha value is -0.570. The Morgan fingerprint density at radius 1 is 1.64 bits per heavy atom. The Bertz CT molecular complexity index is 171. The lowest BCUT2D eigenvalue weighted by Gasteiger charge is -2.18. The SMILES string of the molecule is CC(C)N1CC/C(=C(\N)F)C1. The molecule has 1 fully saturated rings. The molecule has 1 heterocycles. The summed E-state index contributed by atoms with van der Waals surface area (Å²) in [5.74, 6) is -0.479. The summed E-state index contributed by atoms with van der Waals surface area (Å²) < 4.78 is 12.5. The van der Waals surface area contributed by atoms with Gasteiger partial charge in [-0.15, -0.1) is 0 Å². The van der Waals surface area contributed by atoms with Crippen LogP contribution in [0.15, 0.2) is 11.5 Å². The predicted molar refractivity (Wildman–Crippen MR) is 43.6 cm³/mol.